The molecule has 2 aromatic rings. The maximum atomic E-state index is 11.4. The van der Waals surface area contributed by atoms with Crippen molar-refractivity contribution < 1.29 is 9.53 Å². The first-order chi connectivity index (χ1) is 10.1. The molecule has 3 N–H and O–H groups in total. The molecule has 0 saturated heterocycles. The van der Waals surface area contributed by atoms with Crippen LogP contribution in [0.15, 0.2) is 12.1 Å². The van der Waals surface area contributed by atoms with E-state index in [4.69, 9.17) is 10.5 Å². The topological polar surface area (TPSA) is 82.2 Å². The monoisotopic (exact) mass is 290 g/mol. The summed E-state index contributed by atoms with van der Waals surface area (Å²) in [6, 6.07) is 3.37. The van der Waals surface area contributed by atoms with Gasteiger partial charge in [-0.25, -0.2) is 4.98 Å². The number of rotatable bonds is 7. The van der Waals surface area contributed by atoms with Crippen molar-refractivity contribution >= 4 is 22.9 Å². The molecule has 2 rings (SSSR count). The van der Waals surface area contributed by atoms with Crippen molar-refractivity contribution in [1.82, 2.24) is 9.55 Å². The van der Waals surface area contributed by atoms with Crippen molar-refractivity contribution in [3.63, 3.8) is 0 Å². The molecule has 0 aliphatic heterocycles. The normalized spacial score (nSPS) is 10.8. The van der Waals surface area contributed by atoms with Crippen LogP contribution in [0.2, 0.25) is 0 Å². The number of imidazole rings is 1. The number of carbonyl (C=O) groups excluding carboxylic acids is 1. The number of nitrogens with one attached hydrogen (secondary N) is 1. The highest BCUT2D eigenvalue weighted by molar-refractivity contribution is 5.98. The number of unbranched alkanes of at least 4 members (excludes halogenated alkanes) is 2. The number of hydrogen-bond acceptors (Lipinski definition) is 4. The van der Waals surface area contributed by atoms with Crippen LogP contribution in [0.1, 0.15) is 36.5 Å². The summed E-state index contributed by atoms with van der Waals surface area (Å²) in [6.07, 6.45) is 3.38. The smallest absolute Gasteiger partial charge is 0.248 e. The molecule has 114 valence electrons. The zero-order chi connectivity index (χ0) is 15.4. The molecule has 0 saturated carbocycles. The number of aromatic nitrogens is 2. The zero-order valence-corrected chi connectivity index (χ0v) is 12.8. The molecule has 0 aliphatic carbocycles. The van der Waals surface area contributed by atoms with Gasteiger partial charge >= 0.3 is 0 Å². The molecule has 21 heavy (non-hydrogen) atoms. The molecule has 1 amide bonds. The molecule has 0 fully saturated rings. The highest BCUT2D eigenvalue weighted by atomic mass is 16.5. The van der Waals surface area contributed by atoms with Crippen LogP contribution < -0.4 is 15.8 Å². The van der Waals surface area contributed by atoms with Gasteiger partial charge in [-0.15, -0.1) is 0 Å². The molecule has 1 aromatic carbocycles. The Morgan fingerprint density at radius 1 is 1.43 bits per heavy atom. The number of methoxy groups -OCH3 is 1. The molecule has 1 heterocycles. The molecule has 0 unspecified atom stereocenters. The molecule has 0 bridgehead atoms. The minimum atomic E-state index is -0.484. The summed E-state index contributed by atoms with van der Waals surface area (Å²) in [6.45, 7) is 3.03. The van der Waals surface area contributed by atoms with Crippen molar-refractivity contribution in [3.8, 4) is 5.75 Å². The van der Waals surface area contributed by atoms with Crippen LogP contribution in [0.25, 0.3) is 11.0 Å². The van der Waals surface area contributed by atoms with E-state index in [0.29, 0.717) is 16.8 Å². The van der Waals surface area contributed by atoms with E-state index in [1.54, 1.807) is 19.2 Å². The Balaban J connectivity index is 2.57. The molecule has 6 heteroatoms. The third kappa shape index (κ3) is 2.94. The van der Waals surface area contributed by atoms with E-state index in [-0.39, 0.29) is 0 Å². The predicted octanol–water partition coefficient (Wildman–Crippen LogP) is 2.38. The Morgan fingerprint density at radius 3 is 2.76 bits per heavy atom. The number of carbonyl (C=O) groups is 1. The van der Waals surface area contributed by atoms with Crippen LogP contribution in [-0.2, 0) is 6.54 Å². The van der Waals surface area contributed by atoms with Gasteiger partial charge in [0.25, 0.3) is 0 Å². The number of ether oxygens (including phenoxy) is 1. The molecule has 0 spiro atoms. The van der Waals surface area contributed by atoms with Gasteiger partial charge in [-0.1, -0.05) is 19.8 Å². The first-order valence-electron chi connectivity index (χ1n) is 7.18. The minimum Gasteiger partial charge on any atom is -0.494 e. The van der Waals surface area contributed by atoms with E-state index in [0.717, 1.165) is 37.3 Å². The molecular formula is C15H22N4O2. The maximum Gasteiger partial charge on any atom is 0.248 e. The summed E-state index contributed by atoms with van der Waals surface area (Å²) < 4.78 is 7.52. The van der Waals surface area contributed by atoms with Gasteiger partial charge in [0, 0.05) is 19.2 Å². The largest absolute Gasteiger partial charge is 0.494 e. The summed E-state index contributed by atoms with van der Waals surface area (Å²) >= 11 is 0. The fraction of sp³-hybridized carbons (Fsp3) is 0.467. The fourth-order valence-corrected chi connectivity index (χ4v) is 2.46. The summed E-state index contributed by atoms with van der Waals surface area (Å²) in [5, 5.41) is 3.09. The summed E-state index contributed by atoms with van der Waals surface area (Å²) in [5.74, 6) is 0.898. The number of nitrogens with zero attached hydrogens (tertiary/aromatic N) is 2. The van der Waals surface area contributed by atoms with Crippen molar-refractivity contribution in [2.24, 2.45) is 5.73 Å². The standard InChI is InChI=1S/C15H22N4O2/c1-4-5-6-7-19-13-11(18-15(19)17-2)8-10(14(16)20)9-12(13)21-3/h8-9H,4-7H2,1-3H3,(H2,16,20)(H,17,18). The van der Waals surface area contributed by atoms with Crippen LogP contribution in [0, 0.1) is 0 Å². The van der Waals surface area contributed by atoms with E-state index >= 15 is 0 Å². The predicted molar refractivity (Wildman–Crippen MR) is 83.9 cm³/mol. The van der Waals surface area contributed by atoms with E-state index in [9.17, 15) is 4.79 Å². The highest BCUT2D eigenvalue weighted by Gasteiger charge is 2.16. The van der Waals surface area contributed by atoms with Gasteiger partial charge in [-0.3, -0.25) is 4.79 Å². The molecular weight excluding hydrogens is 268 g/mol. The van der Waals surface area contributed by atoms with Crippen LogP contribution in [0.5, 0.6) is 5.75 Å². The van der Waals surface area contributed by atoms with Crippen LogP contribution in [-0.4, -0.2) is 29.6 Å². The average molecular weight is 290 g/mol. The number of hydrogen-bond donors (Lipinski definition) is 2. The summed E-state index contributed by atoms with van der Waals surface area (Å²) in [7, 11) is 3.42. The highest BCUT2D eigenvalue weighted by Crippen LogP contribution is 2.30. The van der Waals surface area contributed by atoms with Gasteiger partial charge in [0.1, 0.15) is 11.3 Å². The lowest BCUT2D eigenvalue weighted by Crippen LogP contribution is -2.11. The van der Waals surface area contributed by atoms with Crippen LogP contribution in [0.4, 0.5) is 5.95 Å². The number of benzene rings is 1. The van der Waals surface area contributed by atoms with Crippen molar-refractivity contribution in [3.05, 3.63) is 17.7 Å². The Kier molecular flexibility index (Phi) is 4.67. The van der Waals surface area contributed by atoms with Crippen molar-refractivity contribution in [1.29, 1.82) is 0 Å². The van der Waals surface area contributed by atoms with Crippen LogP contribution >= 0.6 is 0 Å². The minimum absolute atomic E-state index is 0.403. The van der Waals surface area contributed by atoms with Gasteiger partial charge in [-0.05, 0) is 18.6 Å². The summed E-state index contributed by atoms with van der Waals surface area (Å²) in [4.78, 5) is 15.9. The second kappa shape index (κ2) is 6.47. The summed E-state index contributed by atoms with van der Waals surface area (Å²) in [5.41, 5.74) is 7.37. The molecule has 0 atom stereocenters. The lowest BCUT2D eigenvalue weighted by molar-refractivity contribution is 0.1000. The Hall–Kier alpha value is -2.24. The molecule has 0 aliphatic rings. The Morgan fingerprint density at radius 2 is 2.19 bits per heavy atom. The lowest BCUT2D eigenvalue weighted by Gasteiger charge is -2.11. The van der Waals surface area contributed by atoms with E-state index in [1.165, 1.54) is 0 Å². The quantitative estimate of drug-likeness (QED) is 0.767. The van der Waals surface area contributed by atoms with Crippen molar-refractivity contribution in [2.75, 3.05) is 19.5 Å². The first kappa shape index (κ1) is 15.2. The van der Waals surface area contributed by atoms with Gasteiger partial charge in [0.05, 0.1) is 12.6 Å². The third-order valence-corrected chi connectivity index (χ3v) is 3.52. The molecule has 0 radical (unpaired) electrons. The lowest BCUT2D eigenvalue weighted by atomic mass is 10.1. The van der Waals surface area contributed by atoms with Gasteiger partial charge in [0.15, 0.2) is 0 Å². The van der Waals surface area contributed by atoms with Gasteiger partial charge in [-0.2, -0.15) is 0 Å². The second-order valence-electron chi connectivity index (χ2n) is 4.95. The van der Waals surface area contributed by atoms with E-state index in [2.05, 4.69) is 21.8 Å². The second-order valence-corrected chi connectivity index (χ2v) is 4.95. The maximum absolute atomic E-state index is 11.4. The van der Waals surface area contributed by atoms with Crippen LogP contribution in [0.3, 0.4) is 0 Å². The molecule has 1 aromatic heterocycles. The van der Waals surface area contributed by atoms with Gasteiger partial charge < -0.3 is 20.4 Å². The number of amides is 1. The van der Waals surface area contributed by atoms with E-state index in [1.807, 2.05) is 7.05 Å². The molecule has 6 nitrogen and oxygen atoms in total. The Labute approximate surface area is 124 Å². The average Bonchev–Trinajstić information content (AvgIpc) is 2.84. The van der Waals surface area contributed by atoms with Crippen molar-refractivity contribution in [2.45, 2.75) is 32.7 Å². The van der Waals surface area contributed by atoms with Gasteiger partial charge in [0.2, 0.25) is 11.9 Å². The third-order valence-electron chi connectivity index (χ3n) is 3.52. The first-order valence-corrected chi connectivity index (χ1v) is 7.18. The SMILES string of the molecule is CCCCCn1c(NC)nc2cc(C(N)=O)cc(OC)c21. The number of anilines is 1. The number of nitrogens with two attached hydrogens (primary N) is 1. The Bertz CT molecular complexity index is 649. The number of primary amides is 1. The fourth-order valence-electron chi connectivity index (χ4n) is 2.46. The number of aryl methyl sites for hydroxylation is 1. The van der Waals surface area contributed by atoms with E-state index < -0.39 is 5.91 Å². The zero-order valence-electron chi connectivity index (χ0n) is 12.8. The number of fused-ring (bicyclic) bond motifs is 1.